The van der Waals surface area contributed by atoms with Crippen molar-refractivity contribution in [3.8, 4) is 0 Å². The fraction of sp³-hybridized carbons (Fsp3) is 0.400. The first-order valence-corrected chi connectivity index (χ1v) is 11.3. The van der Waals surface area contributed by atoms with Gasteiger partial charge in [-0.3, -0.25) is 19.3 Å². The monoisotopic (exact) mass is 454 g/mol. The van der Waals surface area contributed by atoms with Gasteiger partial charge in [-0.25, -0.2) is 0 Å². The van der Waals surface area contributed by atoms with Gasteiger partial charge < -0.3 is 9.64 Å². The zero-order valence-corrected chi connectivity index (χ0v) is 18.9. The maximum Gasteiger partial charge on any atom is 0.240 e. The van der Waals surface area contributed by atoms with E-state index < -0.39 is 5.41 Å². The molecule has 2 saturated heterocycles. The van der Waals surface area contributed by atoms with Crippen LogP contribution >= 0.6 is 11.6 Å². The van der Waals surface area contributed by atoms with Gasteiger partial charge in [-0.2, -0.15) is 0 Å². The van der Waals surface area contributed by atoms with Crippen molar-refractivity contribution < 1.29 is 19.1 Å². The molecule has 0 aliphatic carbocycles. The summed E-state index contributed by atoms with van der Waals surface area (Å²) in [5, 5.41) is 0.388. The van der Waals surface area contributed by atoms with Gasteiger partial charge in [-0.1, -0.05) is 60.1 Å². The van der Waals surface area contributed by atoms with Crippen LogP contribution < -0.4 is 0 Å². The molecular weight excluding hydrogens is 428 g/mol. The lowest BCUT2D eigenvalue weighted by Crippen LogP contribution is -2.47. The van der Waals surface area contributed by atoms with E-state index in [9.17, 15) is 14.4 Å². The highest BCUT2D eigenvalue weighted by molar-refractivity contribution is 6.32. The average Bonchev–Trinajstić information content (AvgIpc) is 3.03. The van der Waals surface area contributed by atoms with E-state index in [-0.39, 0.29) is 36.7 Å². The number of piperidine rings is 1. The molecule has 0 aromatic heterocycles. The fourth-order valence-corrected chi connectivity index (χ4v) is 4.96. The van der Waals surface area contributed by atoms with Gasteiger partial charge in [0.15, 0.2) is 0 Å². The number of nitrogens with zero attached hydrogens (tertiary/aromatic N) is 2. The predicted octanol–water partition coefficient (Wildman–Crippen LogP) is 3.56. The van der Waals surface area contributed by atoms with E-state index in [0.717, 1.165) is 23.3 Å². The molecule has 7 heteroatoms. The number of amides is 3. The first kappa shape index (κ1) is 22.5. The summed E-state index contributed by atoms with van der Waals surface area (Å²) in [6.07, 6.45) is 1.51. The Morgan fingerprint density at radius 3 is 2.53 bits per heavy atom. The third-order valence-corrected chi connectivity index (χ3v) is 6.77. The van der Waals surface area contributed by atoms with Crippen molar-refractivity contribution in [2.45, 2.75) is 43.8 Å². The summed E-state index contributed by atoms with van der Waals surface area (Å²) in [6.45, 7) is 1.58. The zero-order valence-electron chi connectivity index (χ0n) is 18.1. The molecule has 2 atom stereocenters. The number of benzene rings is 2. The van der Waals surface area contributed by atoms with Gasteiger partial charge in [-0.05, 0) is 30.0 Å². The van der Waals surface area contributed by atoms with Crippen LogP contribution in [0, 0.1) is 0 Å². The molecule has 0 unspecified atom stereocenters. The van der Waals surface area contributed by atoms with Crippen LogP contribution in [0.4, 0.5) is 0 Å². The molecule has 2 aliphatic heterocycles. The summed E-state index contributed by atoms with van der Waals surface area (Å²) in [5.41, 5.74) is 0.359. The largest absolute Gasteiger partial charge is 0.372 e. The highest BCUT2D eigenvalue weighted by Crippen LogP contribution is 2.42. The van der Waals surface area contributed by atoms with Gasteiger partial charge in [0.2, 0.25) is 17.7 Å². The van der Waals surface area contributed by atoms with Crippen molar-refractivity contribution in [1.29, 1.82) is 0 Å². The maximum absolute atomic E-state index is 13.4. The topological polar surface area (TPSA) is 66.9 Å². The minimum Gasteiger partial charge on any atom is -0.372 e. The molecule has 168 valence electrons. The fourth-order valence-electron chi connectivity index (χ4n) is 4.64. The second kappa shape index (κ2) is 9.43. The van der Waals surface area contributed by atoms with Gasteiger partial charge in [0.05, 0.1) is 18.1 Å². The van der Waals surface area contributed by atoms with Gasteiger partial charge in [0, 0.05) is 38.0 Å². The summed E-state index contributed by atoms with van der Waals surface area (Å²) in [6, 6.07) is 16.9. The first-order valence-electron chi connectivity index (χ1n) is 10.9. The van der Waals surface area contributed by atoms with Crippen molar-refractivity contribution in [3.63, 3.8) is 0 Å². The average molecular weight is 455 g/mol. The second-order valence-corrected chi connectivity index (χ2v) is 8.98. The summed E-state index contributed by atoms with van der Waals surface area (Å²) >= 11 is 6.42. The van der Waals surface area contributed by atoms with Crippen molar-refractivity contribution >= 4 is 29.3 Å². The molecule has 32 heavy (non-hydrogen) atoms. The Balaban J connectivity index is 1.49. The van der Waals surface area contributed by atoms with Crippen LogP contribution in [0.2, 0.25) is 5.02 Å². The summed E-state index contributed by atoms with van der Waals surface area (Å²) in [4.78, 5) is 41.9. The predicted molar refractivity (Wildman–Crippen MR) is 121 cm³/mol. The van der Waals surface area contributed by atoms with E-state index in [1.54, 1.807) is 29.2 Å². The van der Waals surface area contributed by atoms with Crippen LogP contribution in [0.5, 0.6) is 0 Å². The molecule has 3 amide bonds. The van der Waals surface area contributed by atoms with Gasteiger partial charge in [-0.15, -0.1) is 0 Å². The SMILES string of the molecule is CN1C(=O)C[C@@](CC(=O)N2CCC[C@H](OCc3ccccc3)C2)(c2ccccc2Cl)C1=O. The molecule has 2 aliphatic rings. The van der Waals surface area contributed by atoms with Crippen LogP contribution in [-0.4, -0.2) is 53.8 Å². The molecule has 0 radical (unpaired) electrons. The second-order valence-electron chi connectivity index (χ2n) is 8.57. The molecule has 0 saturated carbocycles. The Hall–Kier alpha value is -2.70. The molecule has 0 N–H and O–H groups in total. The number of hydrogen-bond donors (Lipinski definition) is 0. The Morgan fingerprint density at radius 1 is 1.12 bits per heavy atom. The smallest absolute Gasteiger partial charge is 0.240 e. The molecule has 2 aromatic carbocycles. The first-order chi connectivity index (χ1) is 15.4. The van der Waals surface area contributed by atoms with Crippen LogP contribution in [0.3, 0.4) is 0 Å². The maximum atomic E-state index is 13.4. The van der Waals surface area contributed by atoms with Crippen molar-refractivity contribution in [3.05, 3.63) is 70.7 Å². The molecule has 6 nitrogen and oxygen atoms in total. The lowest BCUT2D eigenvalue weighted by molar-refractivity contribution is -0.143. The highest BCUT2D eigenvalue weighted by atomic mass is 35.5. The van der Waals surface area contributed by atoms with Crippen LogP contribution in [-0.2, 0) is 31.1 Å². The quantitative estimate of drug-likeness (QED) is 0.626. The van der Waals surface area contributed by atoms with E-state index in [0.29, 0.717) is 30.3 Å². The lowest BCUT2D eigenvalue weighted by Gasteiger charge is -2.35. The number of rotatable bonds is 6. The van der Waals surface area contributed by atoms with E-state index in [1.807, 2.05) is 30.3 Å². The number of hydrogen-bond acceptors (Lipinski definition) is 4. The van der Waals surface area contributed by atoms with Crippen molar-refractivity contribution in [2.24, 2.45) is 0 Å². The molecule has 0 bridgehead atoms. The lowest BCUT2D eigenvalue weighted by atomic mass is 9.75. The Morgan fingerprint density at radius 2 is 1.84 bits per heavy atom. The minimum absolute atomic E-state index is 0.0560. The number of likely N-dealkylation sites (N-methyl/N-ethyl adjacent to an activating group) is 1. The normalized spacial score (nSPS) is 23.6. The Bertz CT molecular complexity index is 1010. The van der Waals surface area contributed by atoms with Gasteiger partial charge in [0.1, 0.15) is 0 Å². The van der Waals surface area contributed by atoms with Crippen LogP contribution in [0.1, 0.15) is 36.8 Å². The van der Waals surface area contributed by atoms with Crippen molar-refractivity contribution in [1.82, 2.24) is 9.80 Å². The third kappa shape index (κ3) is 4.43. The molecule has 2 aromatic rings. The van der Waals surface area contributed by atoms with Crippen LogP contribution in [0.15, 0.2) is 54.6 Å². The van der Waals surface area contributed by atoms with E-state index in [1.165, 1.54) is 7.05 Å². The zero-order chi connectivity index (χ0) is 22.7. The summed E-state index contributed by atoms with van der Waals surface area (Å²) < 4.78 is 6.06. The van der Waals surface area contributed by atoms with Gasteiger partial charge in [0.25, 0.3) is 0 Å². The summed E-state index contributed by atoms with van der Waals surface area (Å²) in [5.74, 6) is -0.836. The number of halogens is 1. The van der Waals surface area contributed by atoms with E-state index in [4.69, 9.17) is 16.3 Å². The Labute approximate surface area is 193 Å². The number of imide groups is 1. The molecule has 2 heterocycles. The standard InChI is InChI=1S/C25H27ClN2O4/c1-27-22(29)14-25(24(27)31,20-11-5-6-12-21(20)26)15-23(30)28-13-7-10-19(16-28)32-17-18-8-3-2-4-9-18/h2-6,8-9,11-12,19H,7,10,13-17H2,1H3/t19-,25+/m0/s1. The molecule has 4 rings (SSSR count). The molecular formula is C25H27ClN2O4. The number of carbonyl (C=O) groups excluding carboxylic acids is 3. The van der Waals surface area contributed by atoms with Gasteiger partial charge >= 0.3 is 0 Å². The minimum atomic E-state index is -1.26. The Kier molecular flexibility index (Phi) is 6.63. The molecule has 0 spiro atoms. The van der Waals surface area contributed by atoms with E-state index >= 15 is 0 Å². The number of likely N-dealkylation sites (tertiary alicyclic amines) is 2. The summed E-state index contributed by atoms with van der Waals surface area (Å²) in [7, 11) is 1.46. The number of ether oxygens (including phenoxy) is 1. The van der Waals surface area contributed by atoms with E-state index in [2.05, 4.69) is 0 Å². The highest BCUT2D eigenvalue weighted by Gasteiger charge is 2.53. The number of carbonyl (C=O) groups is 3. The third-order valence-electron chi connectivity index (χ3n) is 6.44. The van der Waals surface area contributed by atoms with Crippen LogP contribution in [0.25, 0.3) is 0 Å². The van der Waals surface area contributed by atoms with Crippen molar-refractivity contribution in [2.75, 3.05) is 20.1 Å². The molecule has 2 fully saturated rings.